The average molecular weight is 222 g/mol. The smallest absolute Gasteiger partial charge is 0.157 e. The van der Waals surface area contributed by atoms with Gasteiger partial charge in [0.25, 0.3) is 0 Å². The molecule has 0 heterocycles. The van der Waals surface area contributed by atoms with Crippen LogP contribution in [0.2, 0.25) is 0 Å². The Morgan fingerprint density at radius 3 is 2.38 bits per heavy atom. The van der Waals surface area contributed by atoms with Crippen molar-refractivity contribution in [3.05, 3.63) is 28.8 Å². The van der Waals surface area contributed by atoms with E-state index in [-0.39, 0.29) is 22.6 Å². The highest BCUT2D eigenvalue weighted by Crippen LogP contribution is 2.36. The number of rotatable bonds is 3. The van der Waals surface area contributed by atoms with Crippen molar-refractivity contribution in [1.29, 1.82) is 0 Å². The standard InChI is InChI=1S/C12H14O4/c1-7(2)3-4-8-10(14)5-11(15)9(6-13)12(8)16/h3,5-6,14-16H,4H2,1-2H3. The molecule has 0 aliphatic rings. The second-order valence-electron chi connectivity index (χ2n) is 3.76. The van der Waals surface area contributed by atoms with Gasteiger partial charge in [-0.15, -0.1) is 0 Å². The van der Waals surface area contributed by atoms with Crippen molar-refractivity contribution >= 4 is 6.29 Å². The van der Waals surface area contributed by atoms with Crippen LogP contribution in [0, 0.1) is 0 Å². The Morgan fingerprint density at radius 2 is 1.88 bits per heavy atom. The summed E-state index contributed by atoms with van der Waals surface area (Å²) < 4.78 is 0. The van der Waals surface area contributed by atoms with Crippen molar-refractivity contribution in [2.24, 2.45) is 0 Å². The van der Waals surface area contributed by atoms with E-state index in [0.717, 1.165) is 11.6 Å². The molecular weight excluding hydrogens is 208 g/mol. The number of carbonyl (C=O) groups is 1. The molecule has 0 aromatic heterocycles. The summed E-state index contributed by atoms with van der Waals surface area (Å²) in [5.74, 6) is -1.02. The molecule has 1 aromatic carbocycles. The average Bonchev–Trinajstić information content (AvgIpc) is 2.16. The van der Waals surface area contributed by atoms with Crippen molar-refractivity contribution in [3.63, 3.8) is 0 Å². The van der Waals surface area contributed by atoms with Crippen LogP contribution in [0.1, 0.15) is 29.8 Å². The summed E-state index contributed by atoms with van der Waals surface area (Å²) in [7, 11) is 0. The molecule has 0 saturated heterocycles. The van der Waals surface area contributed by atoms with Gasteiger partial charge in [0.1, 0.15) is 17.2 Å². The first-order valence-electron chi connectivity index (χ1n) is 4.82. The highest BCUT2D eigenvalue weighted by molar-refractivity contribution is 5.85. The SMILES string of the molecule is CC(C)=CCc1c(O)cc(O)c(C=O)c1O. The minimum absolute atomic E-state index is 0.199. The molecule has 0 unspecified atom stereocenters. The third-order valence-corrected chi connectivity index (χ3v) is 2.23. The van der Waals surface area contributed by atoms with Gasteiger partial charge in [0.05, 0.1) is 5.56 Å². The fourth-order valence-electron chi connectivity index (χ4n) is 1.32. The lowest BCUT2D eigenvalue weighted by molar-refractivity contribution is 0.111. The summed E-state index contributed by atoms with van der Waals surface area (Å²) in [6.45, 7) is 3.77. The minimum atomic E-state index is -0.425. The van der Waals surface area contributed by atoms with Crippen LogP contribution in [-0.2, 0) is 6.42 Å². The van der Waals surface area contributed by atoms with E-state index in [9.17, 15) is 20.1 Å². The topological polar surface area (TPSA) is 77.8 Å². The zero-order chi connectivity index (χ0) is 12.3. The molecule has 0 bridgehead atoms. The number of aldehydes is 1. The maximum atomic E-state index is 10.6. The van der Waals surface area contributed by atoms with E-state index >= 15 is 0 Å². The summed E-state index contributed by atoms with van der Waals surface area (Å²) in [4.78, 5) is 10.6. The quantitative estimate of drug-likeness (QED) is 0.540. The van der Waals surface area contributed by atoms with Crippen LogP contribution >= 0.6 is 0 Å². The van der Waals surface area contributed by atoms with Crippen molar-refractivity contribution in [3.8, 4) is 17.2 Å². The molecule has 0 amide bonds. The maximum Gasteiger partial charge on any atom is 0.157 e. The molecule has 86 valence electrons. The second kappa shape index (κ2) is 4.70. The molecule has 0 aliphatic heterocycles. The third kappa shape index (κ3) is 2.34. The number of hydrogen-bond acceptors (Lipinski definition) is 4. The van der Waals surface area contributed by atoms with Crippen molar-refractivity contribution in [1.82, 2.24) is 0 Å². The van der Waals surface area contributed by atoms with Crippen molar-refractivity contribution < 1.29 is 20.1 Å². The Hall–Kier alpha value is -1.97. The molecule has 0 saturated carbocycles. The van der Waals surface area contributed by atoms with Gasteiger partial charge in [-0.1, -0.05) is 11.6 Å². The third-order valence-electron chi connectivity index (χ3n) is 2.23. The van der Waals surface area contributed by atoms with E-state index in [1.165, 1.54) is 0 Å². The molecule has 16 heavy (non-hydrogen) atoms. The zero-order valence-corrected chi connectivity index (χ0v) is 9.19. The molecule has 0 atom stereocenters. The molecule has 4 nitrogen and oxygen atoms in total. The number of aromatic hydroxyl groups is 3. The van der Waals surface area contributed by atoms with Gasteiger partial charge < -0.3 is 15.3 Å². The Balaban J connectivity index is 3.28. The highest BCUT2D eigenvalue weighted by atomic mass is 16.3. The van der Waals surface area contributed by atoms with Crippen molar-refractivity contribution in [2.75, 3.05) is 0 Å². The number of carbonyl (C=O) groups excluding carboxylic acids is 1. The predicted molar refractivity (Wildman–Crippen MR) is 60.0 cm³/mol. The van der Waals surface area contributed by atoms with Gasteiger partial charge >= 0.3 is 0 Å². The lowest BCUT2D eigenvalue weighted by Crippen LogP contribution is -1.91. The van der Waals surface area contributed by atoms with E-state index in [0.29, 0.717) is 12.7 Å². The summed E-state index contributed by atoms with van der Waals surface area (Å²) in [6.07, 6.45) is 2.47. The van der Waals surface area contributed by atoms with Gasteiger partial charge in [0.15, 0.2) is 6.29 Å². The van der Waals surface area contributed by atoms with Crippen LogP contribution in [0.3, 0.4) is 0 Å². The van der Waals surface area contributed by atoms with Crippen LogP contribution in [-0.4, -0.2) is 21.6 Å². The summed E-state index contributed by atoms with van der Waals surface area (Å²) in [6, 6.07) is 1.05. The number of hydrogen-bond donors (Lipinski definition) is 3. The zero-order valence-electron chi connectivity index (χ0n) is 9.19. The van der Waals surface area contributed by atoms with E-state index in [1.54, 1.807) is 6.08 Å². The summed E-state index contributed by atoms with van der Waals surface area (Å²) >= 11 is 0. The predicted octanol–water partition coefficient (Wildman–Crippen LogP) is 2.12. The number of allylic oxidation sites excluding steroid dienone is 2. The van der Waals surface area contributed by atoms with E-state index in [1.807, 2.05) is 13.8 Å². The van der Waals surface area contributed by atoms with Gasteiger partial charge in [0, 0.05) is 11.6 Å². The van der Waals surface area contributed by atoms with Crippen LogP contribution < -0.4 is 0 Å². The van der Waals surface area contributed by atoms with Gasteiger partial charge in [-0.25, -0.2) is 0 Å². The van der Waals surface area contributed by atoms with Gasteiger partial charge in [0.2, 0.25) is 0 Å². The molecule has 0 spiro atoms. The molecule has 0 aliphatic carbocycles. The number of benzene rings is 1. The molecule has 0 radical (unpaired) electrons. The highest BCUT2D eigenvalue weighted by Gasteiger charge is 2.15. The lowest BCUT2D eigenvalue weighted by atomic mass is 10.0. The maximum absolute atomic E-state index is 10.6. The normalized spacial score (nSPS) is 9.88. The van der Waals surface area contributed by atoms with Crippen LogP contribution in [0.25, 0.3) is 0 Å². The van der Waals surface area contributed by atoms with Crippen LogP contribution in [0.15, 0.2) is 17.7 Å². The van der Waals surface area contributed by atoms with Gasteiger partial charge in [-0.3, -0.25) is 4.79 Å². The fraction of sp³-hybridized carbons (Fsp3) is 0.250. The molecule has 4 heteroatoms. The Labute approximate surface area is 93.5 Å². The lowest BCUT2D eigenvalue weighted by Gasteiger charge is -2.09. The molecule has 1 aromatic rings. The van der Waals surface area contributed by atoms with Crippen LogP contribution in [0.5, 0.6) is 17.2 Å². The molecule has 0 fully saturated rings. The molecular formula is C12H14O4. The number of phenolic OH excluding ortho intramolecular Hbond substituents is 3. The van der Waals surface area contributed by atoms with Gasteiger partial charge in [-0.05, 0) is 20.3 Å². The number of phenols is 3. The first-order chi connectivity index (χ1) is 7.47. The Morgan fingerprint density at radius 1 is 1.25 bits per heavy atom. The van der Waals surface area contributed by atoms with E-state index < -0.39 is 5.75 Å². The monoisotopic (exact) mass is 222 g/mol. The van der Waals surface area contributed by atoms with E-state index in [2.05, 4.69) is 0 Å². The molecule has 1 rings (SSSR count). The first kappa shape index (κ1) is 12.1. The Bertz CT molecular complexity index is 443. The molecule has 3 N–H and O–H groups in total. The second-order valence-corrected chi connectivity index (χ2v) is 3.76. The summed E-state index contributed by atoms with van der Waals surface area (Å²) in [5.41, 5.74) is 1.07. The largest absolute Gasteiger partial charge is 0.507 e. The fourth-order valence-corrected chi connectivity index (χ4v) is 1.32. The first-order valence-corrected chi connectivity index (χ1v) is 4.82. The van der Waals surface area contributed by atoms with Crippen LogP contribution in [0.4, 0.5) is 0 Å². The van der Waals surface area contributed by atoms with Crippen molar-refractivity contribution in [2.45, 2.75) is 20.3 Å². The minimum Gasteiger partial charge on any atom is -0.507 e. The summed E-state index contributed by atoms with van der Waals surface area (Å²) in [5, 5.41) is 28.5. The Kier molecular flexibility index (Phi) is 3.55. The van der Waals surface area contributed by atoms with Gasteiger partial charge in [-0.2, -0.15) is 0 Å². The van der Waals surface area contributed by atoms with E-state index in [4.69, 9.17) is 0 Å².